The highest BCUT2D eigenvalue weighted by atomic mass is 16.3. The van der Waals surface area contributed by atoms with Crippen molar-refractivity contribution in [3.63, 3.8) is 0 Å². The van der Waals surface area contributed by atoms with Crippen molar-refractivity contribution in [2.75, 3.05) is 4.90 Å². The maximum absolute atomic E-state index is 6.71. The summed E-state index contributed by atoms with van der Waals surface area (Å²) in [4.78, 5) is 2.33. The monoisotopic (exact) mass is 613 g/mol. The van der Waals surface area contributed by atoms with Crippen molar-refractivity contribution in [3.05, 3.63) is 188 Å². The Hall–Kier alpha value is -6.38. The van der Waals surface area contributed by atoms with Gasteiger partial charge in [-0.2, -0.15) is 0 Å². The predicted octanol–water partition coefficient (Wildman–Crippen LogP) is 13.2. The van der Waals surface area contributed by atoms with Crippen molar-refractivity contribution in [2.24, 2.45) is 0 Å². The Morgan fingerprint density at radius 3 is 1.31 bits per heavy atom. The third-order valence-corrected chi connectivity index (χ3v) is 9.27. The lowest BCUT2D eigenvalue weighted by molar-refractivity contribution is 0.669. The summed E-state index contributed by atoms with van der Waals surface area (Å²) in [6.07, 6.45) is 0. The molecule has 1 aromatic heterocycles. The van der Waals surface area contributed by atoms with Crippen molar-refractivity contribution in [3.8, 4) is 33.4 Å². The number of rotatable bonds is 6. The molecule has 0 radical (unpaired) electrons. The second-order valence-corrected chi connectivity index (χ2v) is 12.2. The van der Waals surface area contributed by atoms with Crippen molar-refractivity contribution in [1.82, 2.24) is 0 Å². The minimum Gasteiger partial charge on any atom is -0.454 e. The Morgan fingerprint density at radius 2 is 0.771 bits per heavy atom. The van der Waals surface area contributed by atoms with Crippen LogP contribution in [0.1, 0.15) is 0 Å². The number of hydrogen-bond donors (Lipinski definition) is 0. The number of nitrogens with zero attached hydrogens (tertiary/aromatic N) is 1. The molecule has 9 rings (SSSR count). The van der Waals surface area contributed by atoms with Crippen LogP contribution in [0, 0.1) is 0 Å². The topological polar surface area (TPSA) is 16.4 Å². The molecule has 0 bridgehead atoms. The lowest BCUT2D eigenvalue weighted by Crippen LogP contribution is -2.10. The van der Waals surface area contributed by atoms with E-state index in [4.69, 9.17) is 4.42 Å². The zero-order chi connectivity index (χ0) is 31.9. The van der Waals surface area contributed by atoms with Crippen molar-refractivity contribution in [1.29, 1.82) is 0 Å². The predicted molar refractivity (Wildman–Crippen MR) is 202 cm³/mol. The molecule has 8 aromatic carbocycles. The van der Waals surface area contributed by atoms with E-state index in [2.05, 4.69) is 187 Å². The summed E-state index contributed by atoms with van der Waals surface area (Å²) >= 11 is 0. The zero-order valence-electron chi connectivity index (χ0n) is 26.3. The van der Waals surface area contributed by atoms with Crippen molar-refractivity contribution >= 4 is 49.8 Å². The fraction of sp³-hybridized carbons (Fsp3) is 0. The first-order valence-corrected chi connectivity index (χ1v) is 16.3. The van der Waals surface area contributed by atoms with E-state index in [9.17, 15) is 0 Å². The highest BCUT2D eigenvalue weighted by Gasteiger charge is 2.22. The van der Waals surface area contributed by atoms with Crippen LogP contribution in [0.4, 0.5) is 17.1 Å². The summed E-state index contributed by atoms with van der Waals surface area (Å²) in [7, 11) is 0. The van der Waals surface area contributed by atoms with E-state index in [1.54, 1.807) is 0 Å². The molecule has 1 heterocycles. The van der Waals surface area contributed by atoms with E-state index in [0.29, 0.717) is 0 Å². The number of benzene rings is 8. The third-order valence-electron chi connectivity index (χ3n) is 9.27. The van der Waals surface area contributed by atoms with Crippen molar-refractivity contribution < 1.29 is 4.42 Å². The van der Waals surface area contributed by atoms with E-state index in [0.717, 1.165) is 39.0 Å². The van der Waals surface area contributed by atoms with Gasteiger partial charge in [-0.05, 0) is 80.6 Å². The van der Waals surface area contributed by atoms with E-state index in [1.807, 2.05) is 6.07 Å². The minimum atomic E-state index is 0.877. The molecule has 48 heavy (non-hydrogen) atoms. The Kier molecular flexibility index (Phi) is 6.84. The number of anilines is 3. The standard InChI is InChI=1S/C46H31NO/c1-3-11-32(12-4-1)34-19-21-35(22-20-34)37-25-29-40(30-26-37)47(39-27-23-36(24-28-39)33-13-5-2-6-14-33)43-31-38-15-7-8-16-41(38)45-42-17-9-10-18-44(42)48-46(43)45/h1-31H. The Balaban J connectivity index is 1.19. The summed E-state index contributed by atoms with van der Waals surface area (Å²) in [5.74, 6) is 0. The molecule has 0 saturated heterocycles. The molecule has 0 amide bonds. The first-order chi connectivity index (χ1) is 23.8. The van der Waals surface area contributed by atoms with Crippen LogP contribution in [0.25, 0.3) is 66.1 Å². The third kappa shape index (κ3) is 4.92. The number of fused-ring (bicyclic) bond motifs is 5. The molecule has 0 spiro atoms. The average molecular weight is 614 g/mol. The quantitative estimate of drug-likeness (QED) is 0.185. The summed E-state index contributed by atoms with van der Waals surface area (Å²) < 4.78 is 6.71. The summed E-state index contributed by atoms with van der Waals surface area (Å²) in [5, 5.41) is 4.63. The van der Waals surface area contributed by atoms with Gasteiger partial charge in [-0.25, -0.2) is 0 Å². The van der Waals surface area contributed by atoms with E-state index in [-0.39, 0.29) is 0 Å². The number of furan rings is 1. The molecular formula is C46H31NO. The van der Waals surface area contributed by atoms with Gasteiger partial charge in [0.2, 0.25) is 0 Å². The van der Waals surface area contributed by atoms with Gasteiger partial charge in [0.1, 0.15) is 5.58 Å². The fourth-order valence-corrected chi connectivity index (χ4v) is 6.87. The summed E-state index contributed by atoms with van der Waals surface area (Å²) in [6.45, 7) is 0. The van der Waals surface area contributed by atoms with Gasteiger partial charge in [-0.1, -0.05) is 152 Å². The Labute approximate surface area is 279 Å². The normalized spacial score (nSPS) is 11.3. The van der Waals surface area contributed by atoms with Crippen molar-refractivity contribution in [2.45, 2.75) is 0 Å². The van der Waals surface area contributed by atoms with Gasteiger partial charge in [-0.15, -0.1) is 0 Å². The highest BCUT2D eigenvalue weighted by molar-refractivity contribution is 6.23. The summed E-state index contributed by atoms with van der Waals surface area (Å²) in [6, 6.07) is 66.8. The molecule has 2 nitrogen and oxygen atoms in total. The number of hydrogen-bond acceptors (Lipinski definition) is 2. The molecule has 0 aliphatic carbocycles. The molecule has 2 heteroatoms. The first kappa shape index (κ1) is 27.9. The molecule has 0 aliphatic rings. The lowest BCUT2D eigenvalue weighted by Gasteiger charge is -2.26. The highest BCUT2D eigenvalue weighted by Crippen LogP contribution is 2.46. The minimum absolute atomic E-state index is 0.877. The van der Waals surface area contributed by atoms with Crippen LogP contribution in [0.15, 0.2) is 192 Å². The first-order valence-electron chi connectivity index (χ1n) is 16.3. The van der Waals surface area contributed by atoms with E-state index >= 15 is 0 Å². The number of para-hydroxylation sites is 1. The van der Waals surface area contributed by atoms with Crippen LogP contribution in [0.2, 0.25) is 0 Å². The zero-order valence-corrected chi connectivity index (χ0v) is 26.3. The van der Waals surface area contributed by atoms with Gasteiger partial charge in [0.25, 0.3) is 0 Å². The van der Waals surface area contributed by atoms with Crippen LogP contribution < -0.4 is 4.90 Å². The Bertz CT molecular complexity index is 2510. The second-order valence-electron chi connectivity index (χ2n) is 12.2. The van der Waals surface area contributed by atoms with Gasteiger partial charge >= 0.3 is 0 Å². The van der Waals surface area contributed by atoms with E-state index < -0.39 is 0 Å². The molecule has 0 fully saturated rings. The molecule has 0 aliphatic heterocycles. The summed E-state index contributed by atoms with van der Waals surface area (Å²) in [5.41, 5.74) is 12.1. The SMILES string of the molecule is c1ccc(-c2ccc(-c3ccc(N(c4ccc(-c5ccccc5)cc4)c4cc5ccccc5c5c4oc4ccccc45)cc3)cc2)cc1. The molecule has 0 N–H and O–H groups in total. The molecule has 9 aromatic rings. The molecular weight excluding hydrogens is 583 g/mol. The lowest BCUT2D eigenvalue weighted by atomic mass is 9.99. The van der Waals surface area contributed by atoms with Gasteiger partial charge in [0.15, 0.2) is 5.58 Å². The van der Waals surface area contributed by atoms with Crippen LogP contribution in [0.5, 0.6) is 0 Å². The molecule has 0 saturated carbocycles. The van der Waals surface area contributed by atoms with Gasteiger partial charge in [0, 0.05) is 22.1 Å². The van der Waals surface area contributed by atoms with Crippen LogP contribution in [-0.4, -0.2) is 0 Å². The maximum atomic E-state index is 6.71. The molecule has 0 unspecified atom stereocenters. The van der Waals surface area contributed by atoms with Crippen LogP contribution in [0.3, 0.4) is 0 Å². The largest absolute Gasteiger partial charge is 0.454 e. The molecule has 0 atom stereocenters. The van der Waals surface area contributed by atoms with Gasteiger partial charge in [0.05, 0.1) is 5.69 Å². The van der Waals surface area contributed by atoms with Gasteiger partial charge < -0.3 is 9.32 Å². The average Bonchev–Trinajstić information content (AvgIpc) is 3.57. The fourth-order valence-electron chi connectivity index (χ4n) is 6.87. The van der Waals surface area contributed by atoms with Crippen LogP contribution in [-0.2, 0) is 0 Å². The van der Waals surface area contributed by atoms with Gasteiger partial charge in [-0.3, -0.25) is 0 Å². The van der Waals surface area contributed by atoms with E-state index in [1.165, 1.54) is 44.2 Å². The molecule has 226 valence electrons. The smallest absolute Gasteiger partial charge is 0.160 e. The maximum Gasteiger partial charge on any atom is 0.160 e. The second kappa shape index (κ2) is 11.8. The Morgan fingerprint density at radius 1 is 0.354 bits per heavy atom. The van der Waals surface area contributed by atoms with Crippen LogP contribution >= 0.6 is 0 Å².